The monoisotopic (exact) mass is 182 g/mol. The van der Waals surface area contributed by atoms with Crippen LogP contribution in [-0.2, 0) is 4.79 Å². The van der Waals surface area contributed by atoms with Crippen LogP contribution in [0.4, 0.5) is 0 Å². The number of allylic oxidation sites excluding steroid dienone is 3. The quantitative estimate of drug-likeness (QED) is 0.663. The molecule has 0 aromatic carbocycles. The van der Waals surface area contributed by atoms with Crippen LogP contribution in [0.15, 0.2) is 23.3 Å². The largest absolute Gasteiger partial charge is 0.481 e. The summed E-state index contributed by atoms with van der Waals surface area (Å²) in [5.74, 6) is -0.762. The van der Waals surface area contributed by atoms with Crippen LogP contribution in [0.5, 0.6) is 0 Å². The molecule has 74 valence electrons. The van der Waals surface area contributed by atoms with E-state index in [0.717, 1.165) is 18.4 Å². The summed E-state index contributed by atoms with van der Waals surface area (Å²) in [5.41, 5.74) is 2.46. The molecule has 0 saturated heterocycles. The molecule has 0 radical (unpaired) electrons. The van der Waals surface area contributed by atoms with Crippen LogP contribution >= 0.6 is 0 Å². The van der Waals surface area contributed by atoms with Gasteiger partial charge in [0.15, 0.2) is 0 Å². The van der Waals surface area contributed by atoms with E-state index in [4.69, 9.17) is 5.11 Å². The van der Waals surface area contributed by atoms with Crippen LogP contribution in [-0.4, -0.2) is 11.1 Å². The molecule has 0 heterocycles. The van der Waals surface area contributed by atoms with Crippen LogP contribution < -0.4 is 0 Å². The molecule has 0 saturated carbocycles. The predicted molar refractivity (Wildman–Crippen MR) is 54.7 cm³/mol. The molecule has 0 aliphatic heterocycles. The maximum atomic E-state index is 10.2. The third-order valence-electron chi connectivity index (χ3n) is 1.72. The normalized spacial score (nSPS) is 11.2. The Morgan fingerprint density at radius 2 is 1.85 bits per heavy atom. The summed E-state index contributed by atoms with van der Waals surface area (Å²) in [7, 11) is 0. The van der Waals surface area contributed by atoms with Crippen LogP contribution in [0.25, 0.3) is 0 Å². The summed E-state index contributed by atoms with van der Waals surface area (Å²) < 4.78 is 0. The number of aliphatic carboxylic acids is 1. The lowest BCUT2D eigenvalue weighted by Crippen LogP contribution is -1.91. The highest BCUT2D eigenvalue weighted by Crippen LogP contribution is 2.07. The minimum absolute atomic E-state index is 0.140. The molecule has 0 unspecified atom stereocenters. The lowest BCUT2D eigenvalue weighted by atomic mass is 10.1. The van der Waals surface area contributed by atoms with E-state index in [0.29, 0.717) is 0 Å². The van der Waals surface area contributed by atoms with Crippen molar-refractivity contribution in [3.8, 4) is 0 Å². The van der Waals surface area contributed by atoms with Gasteiger partial charge in [-0.05, 0) is 33.6 Å². The van der Waals surface area contributed by atoms with E-state index in [1.165, 1.54) is 5.57 Å². The molecular formula is C11H18O2. The Morgan fingerprint density at radius 3 is 2.31 bits per heavy atom. The SMILES string of the molecule is CC(C)=CCC/C(C)=C/CC(=O)O. The van der Waals surface area contributed by atoms with Crippen molar-refractivity contribution in [2.75, 3.05) is 0 Å². The molecule has 0 aliphatic rings. The first-order chi connectivity index (χ1) is 6.02. The minimum atomic E-state index is -0.762. The van der Waals surface area contributed by atoms with Gasteiger partial charge in [-0.1, -0.05) is 23.3 Å². The highest BCUT2D eigenvalue weighted by atomic mass is 16.4. The van der Waals surface area contributed by atoms with Crippen molar-refractivity contribution < 1.29 is 9.90 Å². The molecule has 0 atom stereocenters. The molecule has 0 fully saturated rings. The third-order valence-corrected chi connectivity index (χ3v) is 1.72. The van der Waals surface area contributed by atoms with Gasteiger partial charge in [0.2, 0.25) is 0 Å². The molecule has 0 aromatic heterocycles. The lowest BCUT2D eigenvalue weighted by Gasteiger charge is -1.97. The number of carboxylic acid groups (broad SMARTS) is 1. The number of rotatable bonds is 5. The van der Waals surface area contributed by atoms with Gasteiger partial charge in [-0.15, -0.1) is 0 Å². The van der Waals surface area contributed by atoms with Crippen molar-refractivity contribution in [2.24, 2.45) is 0 Å². The zero-order chi connectivity index (χ0) is 10.3. The van der Waals surface area contributed by atoms with Crippen molar-refractivity contribution >= 4 is 5.97 Å². The molecule has 0 rings (SSSR count). The highest BCUT2D eigenvalue weighted by Gasteiger charge is 1.93. The molecule has 0 aliphatic carbocycles. The maximum Gasteiger partial charge on any atom is 0.307 e. The summed E-state index contributed by atoms with van der Waals surface area (Å²) >= 11 is 0. The summed E-state index contributed by atoms with van der Waals surface area (Å²) in [4.78, 5) is 10.2. The first-order valence-electron chi connectivity index (χ1n) is 4.53. The van der Waals surface area contributed by atoms with Crippen molar-refractivity contribution in [1.29, 1.82) is 0 Å². The van der Waals surface area contributed by atoms with Gasteiger partial charge in [0, 0.05) is 0 Å². The van der Waals surface area contributed by atoms with Gasteiger partial charge in [0.25, 0.3) is 0 Å². The fourth-order valence-electron chi connectivity index (χ4n) is 0.952. The average molecular weight is 182 g/mol. The molecule has 2 heteroatoms. The zero-order valence-corrected chi connectivity index (χ0v) is 8.63. The minimum Gasteiger partial charge on any atom is -0.481 e. The summed E-state index contributed by atoms with van der Waals surface area (Å²) in [6.07, 6.45) is 6.04. The Hall–Kier alpha value is -1.05. The molecule has 0 amide bonds. The average Bonchev–Trinajstić information content (AvgIpc) is 2.00. The molecule has 2 nitrogen and oxygen atoms in total. The van der Waals surface area contributed by atoms with Crippen molar-refractivity contribution in [1.82, 2.24) is 0 Å². The van der Waals surface area contributed by atoms with E-state index >= 15 is 0 Å². The summed E-state index contributed by atoms with van der Waals surface area (Å²) in [6.45, 7) is 6.11. The van der Waals surface area contributed by atoms with E-state index in [9.17, 15) is 4.79 Å². The Bertz CT molecular complexity index is 220. The summed E-state index contributed by atoms with van der Waals surface area (Å²) in [5, 5.41) is 8.42. The van der Waals surface area contributed by atoms with E-state index in [1.807, 2.05) is 6.92 Å². The standard InChI is InChI=1S/C11H18O2/c1-9(2)5-4-6-10(3)7-8-11(12)13/h5,7H,4,6,8H2,1-3H3,(H,12,13)/b10-7+. The van der Waals surface area contributed by atoms with Gasteiger partial charge in [-0.3, -0.25) is 4.79 Å². The third kappa shape index (κ3) is 8.86. The first-order valence-corrected chi connectivity index (χ1v) is 4.53. The second-order valence-electron chi connectivity index (χ2n) is 3.47. The predicted octanol–water partition coefficient (Wildman–Crippen LogP) is 3.15. The Kier molecular flexibility index (Phi) is 5.94. The molecule has 0 aromatic rings. The van der Waals surface area contributed by atoms with Crippen LogP contribution in [0, 0.1) is 0 Å². The zero-order valence-electron chi connectivity index (χ0n) is 8.63. The number of carboxylic acids is 1. The van der Waals surface area contributed by atoms with Gasteiger partial charge >= 0.3 is 5.97 Å². The molecule has 13 heavy (non-hydrogen) atoms. The van der Waals surface area contributed by atoms with Gasteiger partial charge < -0.3 is 5.11 Å². The number of hydrogen-bond donors (Lipinski definition) is 1. The van der Waals surface area contributed by atoms with E-state index in [-0.39, 0.29) is 6.42 Å². The fraction of sp³-hybridized carbons (Fsp3) is 0.545. The van der Waals surface area contributed by atoms with Crippen molar-refractivity contribution in [3.05, 3.63) is 23.3 Å². The van der Waals surface area contributed by atoms with Crippen LogP contribution in [0.3, 0.4) is 0 Å². The van der Waals surface area contributed by atoms with Gasteiger partial charge in [0.1, 0.15) is 0 Å². The number of hydrogen-bond acceptors (Lipinski definition) is 1. The van der Waals surface area contributed by atoms with Crippen molar-refractivity contribution in [3.63, 3.8) is 0 Å². The Morgan fingerprint density at radius 1 is 1.23 bits per heavy atom. The fourth-order valence-corrected chi connectivity index (χ4v) is 0.952. The molecule has 0 spiro atoms. The number of carbonyl (C=O) groups is 1. The van der Waals surface area contributed by atoms with E-state index in [2.05, 4.69) is 19.9 Å². The van der Waals surface area contributed by atoms with Gasteiger partial charge in [-0.2, -0.15) is 0 Å². The smallest absolute Gasteiger partial charge is 0.307 e. The van der Waals surface area contributed by atoms with Gasteiger partial charge in [0.05, 0.1) is 6.42 Å². The Balaban J connectivity index is 3.73. The topological polar surface area (TPSA) is 37.3 Å². The van der Waals surface area contributed by atoms with Crippen LogP contribution in [0.1, 0.15) is 40.0 Å². The van der Waals surface area contributed by atoms with E-state index < -0.39 is 5.97 Å². The molecule has 0 bridgehead atoms. The Labute approximate surface area is 80.0 Å². The second-order valence-corrected chi connectivity index (χ2v) is 3.47. The maximum absolute atomic E-state index is 10.2. The van der Waals surface area contributed by atoms with Crippen molar-refractivity contribution in [2.45, 2.75) is 40.0 Å². The highest BCUT2D eigenvalue weighted by molar-refractivity contribution is 5.68. The first kappa shape index (κ1) is 11.9. The lowest BCUT2D eigenvalue weighted by molar-refractivity contribution is -0.136. The van der Waals surface area contributed by atoms with E-state index in [1.54, 1.807) is 6.08 Å². The van der Waals surface area contributed by atoms with Crippen LogP contribution in [0.2, 0.25) is 0 Å². The van der Waals surface area contributed by atoms with Gasteiger partial charge in [-0.25, -0.2) is 0 Å². The molecular weight excluding hydrogens is 164 g/mol. The molecule has 1 N–H and O–H groups in total. The second kappa shape index (κ2) is 6.46. The summed E-state index contributed by atoms with van der Waals surface area (Å²) in [6, 6.07) is 0.